The molecule has 20 heavy (non-hydrogen) atoms. The molecule has 2 fully saturated rings. The Hall–Kier alpha value is -0.200. The molecule has 0 aromatic heterocycles. The van der Waals surface area contributed by atoms with E-state index in [0.29, 0.717) is 25.8 Å². The first kappa shape index (κ1) is 16.2. The zero-order chi connectivity index (χ0) is 14.2. The highest BCUT2D eigenvalue weighted by Gasteiger charge is 2.24. The van der Waals surface area contributed by atoms with Gasteiger partial charge in [-0.2, -0.15) is 0 Å². The molecule has 0 aromatic carbocycles. The first-order valence-electron chi connectivity index (χ1n) is 8.02. The maximum absolute atomic E-state index is 10.1. The van der Waals surface area contributed by atoms with Gasteiger partial charge in [-0.25, -0.2) is 0 Å². The van der Waals surface area contributed by atoms with Gasteiger partial charge in [-0.1, -0.05) is 6.42 Å². The molecular weight excluding hydrogens is 258 g/mol. The lowest BCUT2D eigenvalue weighted by atomic mass is 9.99. The second-order valence-corrected chi connectivity index (χ2v) is 5.98. The molecule has 2 N–H and O–H groups in total. The van der Waals surface area contributed by atoms with E-state index in [0.717, 1.165) is 38.8 Å². The summed E-state index contributed by atoms with van der Waals surface area (Å²) in [7, 11) is 0. The summed E-state index contributed by atoms with van der Waals surface area (Å²) in [5, 5.41) is 19.2. The number of aliphatic hydroxyl groups is 2. The van der Waals surface area contributed by atoms with Gasteiger partial charge in [-0.05, 0) is 38.6 Å². The molecule has 5 heteroatoms. The van der Waals surface area contributed by atoms with Crippen LogP contribution >= 0.6 is 0 Å². The average molecular weight is 287 g/mol. The van der Waals surface area contributed by atoms with Crippen LogP contribution in [0.1, 0.15) is 38.5 Å². The SMILES string of the molecule is OCC[C@@H]1CCCCN1C[C@H](O)COC[C@@H]1CCCO1. The standard InChI is InChI=1S/C15H29NO4/c17-8-6-13-4-1-2-7-16(13)10-14(18)11-19-12-15-5-3-9-20-15/h13-15,17-18H,1-12H2/t13-,14-,15-/m0/s1. The number of hydrogen-bond acceptors (Lipinski definition) is 5. The Morgan fingerprint density at radius 3 is 2.90 bits per heavy atom. The normalized spacial score (nSPS) is 29.7. The van der Waals surface area contributed by atoms with Crippen LogP contribution in [0.3, 0.4) is 0 Å². The molecule has 2 aliphatic heterocycles. The second-order valence-electron chi connectivity index (χ2n) is 5.98. The predicted molar refractivity (Wildman–Crippen MR) is 76.7 cm³/mol. The Bertz CT molecular complexity index is 256. The Balaban J connectivity index is 1.62. The summed E-state index contributed by atoms with van der Waals surface area (Å²) < 4.78 is 11.1. The van der Waals surface area contributed by atoms with Gasteiger partial charge in [0.15, 0.2) is 0 Å². The van der Waals surface area contributed by atoms with E-state index in [2.05, 4.69) is 4.90 Å². The summed E-state index contributed by atoms with van der Waals surface area (Å²) in [5.41, 5.74) is 0. The van der Waals surface area contributed by atoms with Crippen LogP contribution in [-0.4, -0.2) is 72.9 Å². The van der Waals surface area contributed by atoms with E-state index in [9.17, 15) is 5.11 Å². The fourth-order valence-corrected chi connectivity index (χ4v) is 3.21. The van der Waals surface area contributed by atoms with E-state index in [-0.39, 0.29) is 12.7 Å². The number of hydrogen-bond donors (Lipinski definition) is 2. The lowest BCUT2D eigenvalue weighted by Gasteiger charge is -2.36. The van der Waals surface area contributed by atoms with E-state index >= 15 is 0 Å². The maximum Gasteiger partial charge on any atom is 0.0900 e. The molecule has 0 aromatic rings. The third-order valence-corrected chi connectivity index (χ3v) is 4.29. The summed E-state index contributed by atoms with van der Waals surface area (Å²) in [6, 6.07) is 0.418. The van der Waals surface area contributed by atoms with Gasteiger partial charge < -0.3 is 19.7 Å². The highest BCUT2D eigenvalue weighted by Crippen LogP contribution is 2.19. The molecular formula is C15H29NO4. The van der Waals surface area contributed by atoms with Gasteiger partial charge in [-0.15, -0.1) is 0 Å². The van der Waals surface area contributed by atoms with Crippen LogP contribution in [0.15, 0.2) is 0 Å². The summed E-state index contributed by atoms with van der Waals surface area (Å²) >= 11 is 0. The Morgan fingerprint density at radius 1 is 1.25 bits per heavy atom. The molecule has 3 atom stereocenters. The molecule has 0 aliphatic carbocycles. The first-order valence-corrected chi connectivity index (χ1v) is 8.02. The molecule has 118 valence electrons. The summed E-state index contributed by atoms with van der Waals surface area (Å²) in [6.07, 6.45) is 6.31. The van der Waals surface area contributed by atoms with Gasteiger partial charge in [0.1, 0.15) is 0 Å². The van der Waals surface area contributed by atoms with Gasteiger partial charge in [0.25, 0.3) is 0 Å². The second kappa shape index (κ2) is 8.95. The zero-order valence-electron chi connectivity index (χ0n) is 12.4. The van der Waals surface area contributed by atoms with Crippen molar-refractivity contribution >= 4 is 0 Å². The number of aliphatic hydroxyl groups excluding tert-OH is 2. The number of nitrogens with zero attached hydrogens (tertiary/aromatic N) is 1. The quantitative estimate of drug-likeness (QED) is 0.691. The molecule has 2 saturated heterocycles. The molecule has 2 rings (SSSR count). The fourth-order valence-electron chi connectivity index (χ4n) is 3.21. The molecule has 2 heterocycles. The minimum Gasteiger partial charge on any atom is -0.396 e. The zero-order valence-corrected chi connectivity index (χ0v) is 12.4. The Morgan fingerprint density at radius 2 is 2.15 bits per heavy atom. The molecule has 2 aliphatic rings. The number of rotatable bonds is 8. The minimum absolute atomic E-state index is 0.222. The van der Waals surface area contributed by atoms with Crippen LogP contribution in [0.5, 0.6) is 0 Å². The van der Waals surface area contributed by atoms with Crippen LogP contribution < -0.4 is 0 Å². The summed E-state index contributed by atoms with van der Waals surface area (Å²) in [6.45, 7) is 3.71. The van der Waals surface area contributed by atoms with Crippen molar-refractivity contribution < 1.29 is 19.7 Å². The maximum atomic E-state index is 10.1. The van der Waals surface area contributed by atoms with Crippen molar-refractivity contribution in [2.75, 3.05) is 39.5 Å². The van der Waals surface area contributed by atoms with Crippen LogP contribution in [-0.2, 0) is 9.47 Å². The predicted octanol–water partition coefficient (Wildman–Crippen LogP) is 0.780. The van der Waals surface area contributed by atoms with E-state index in [4.69, 9.17) is 14.6 Å². The summed E-state index contributed by atoms with van der Waals surface area (Å²) in [5.74, 6) is 0. The van der Waals surface area contributed by atoms with Gasteiger partial charge in [0.2, 0.25) is 0 Å². The van der Waals surface area contributed by atoms with E-state index in [1.54, 1.807) is 0 Å². The lowest BCUT2D eigenvalue weighted by Crippen LogP contribution is -2.45. The van der Waals surface area contributed by atoms with Gasteiger partial charge in [0.05, 0.1) is 25.4 Å². The van der Waals surface area contributed by atoms with Gasteiger partial charge in [0, 0.05) is 25.8 Å². The van der Waals surface area contributed by atoms with Crippen LogP contribution in [0.25, 0.3) is 0 Å². The molecule has 5 nitrogen and oxygen atoms in total. The van der Waals surface area contributed by atoms with Gasteiger partial charge >= 0.3 is 0 Å². The highest BCUT2D eigenvalue weighted by molar-refractivity contribution is 4.78. The van der Waals surface area contributed by atoms with Crippen molar-refractivity contribution in [1.82, 2.24) is 4.90 Å². The molecule has 0 bridgehead atoms. The third kappa shape index (κ3) is 5.30. The number of piperidine rings is 1. The van der Waals surface area contributed by atoms with Crippen molar-refractivity contribution in [2.24, 2.45) is 0 Å². The molecule has 0 amide bonds. The van der Waals surface area contributed by atoms with Crippen LogP contribution in [0, 0.1) is 0 Å². The lowest BCUT2D eigenvalue weighted by molar-refractivity contribution is -0.0323. The average Bonchev–Trinajstić information content (AvgIpc) is 2.94. The van der Waals surface area contributed by atoms with Gasteiger partial charge in [-0.3, -0.25) is 4.90 Å². The molecule has 0 radical (unpaired) electrons. The first-order chi connectivity index (χ1) is 9.79. The van der Waals surface area contributed by atoms with Crippen molar-refractivity contribution in [3.05, 3.63) is 0 Å². The van der Waals surface area contributed by atoms with E-state index in [1.807, 2.05) is 0 Å². The summed E-state index contributed by atoms with van der Waals surface area (Å²) in [4.78, 5) is 2.31. The van der Waals surface area contributed by atoms with Crippen molar-refractivity contribution in [2.45, 2.75) is 56.8 Å². The molecule has 0 saturated carbocycles. The topological polar surface area (TPSA) is 62.2 Å². The minimum atomic E-state index is -0.448. The fraction of sp³-hybridized carbons (Fsp3) is 1.00. The molecule has 0 unspecified atom stereocenters. The van der Waals surface area contributed by atoms with E-state index < -0.39 is 6.10 Å². The smallest absolute Gasteiger partial charge is 0.0900 e. The van der Waals surface area contributed by atoms with Crippen LogP contribution in [0.2, 0.25) is 0 Å². The van der Waals surface area contributed by atoms with Crippen molar-refractivity contribution in [3.63, 3.8) is 0 Å². The monoisotopic (exact) mass is 287 g/mol. The molecule has 0 spiro atoms. The van der Waals surface area contributed by atoms with Crippen molar-refractivity contribution in [3.8, 4) is 0 Å². The van der Waals surface area contributed by atoms with Crippen molar-refractivity contribution in [1.29, 1.82) is 0 Å². The Labute approximate surface area is 121 Å². The number of likely N-dealkylation sites (tertiary alicyclic amines) is 1. The van der Waals surface area contributed by atoms with Crippen LogP contribution in [0.4, 0.5) is 0 Å². The van der Waals surface area contributed by atoms with E-state index in [1.165, 1.54) is 12.8 Å². The number of ether oxygens (including phenoxy) is 2. The Kier molecular flexibility index (Phi) is 7.24. The third-order valence-electron chi connectivity index (χ3n) is 4.29. The highest BCUT2D eigenvalue weighted by atomic mass is 16.5. The number of β-amino-alcohol motifs (C(OH)–C–C–N with tert-alkyl or cyclic N) is 1. The largest absolute Gasteiger partial charge is 0.396 e.